The van der Waals surface area contributed by atoms with Gasteiger partial charge in [-0.1, -0.05) is 5.18 Å². The Hall–Kier alpha value is -0.960. The lowest BCUT2D eigenvalue weighted by molar-refractivity contribution is -0.0377. The lowest BCUT2D eigenvalue weighted by Crippen LogP contribution is -2.45. The third kappa shape index (κ3) is 3.51. The van der Waals surface area contributed by atoms with E-state index in [1.807, 2.05) is 0 Å². The Balaban J connectivity index is 0.000000671. The van der Waals surface area contributed by atoms with Gasteiger partial charge in [-0.15, -0.1) is 12.8 Å². The number of nitroso groups, excluding NO2 is 1. The molecule has 3 N–H and O–H groups in total. The van der Waals surface area contributed by atoms with Crippen molar-refractivity contribution in [2.75, 3.05) is 13.2 Å². The number of rotatable bonds is 2. The number of aliphatic hydroxyl groups excluding tert-OH is 1. The van der Waals surface area contributed by atoms with E-state index in [9.17, 15) is 4.91 Å². The molecule has 1 saturated heterocycles. The second-order valence-corrected chi connectivity index (χ2v) is 2.72. The van der Waals surface area contributed by atoms with Gasteiger partial charge in [0.2, 0.25) is 0 Å². The Kier molecular flexibility index (Phi) is 6.06. The average Bonchev–Trinajstić information content (AvgIpc) is 2.20. The van der Waals surface area contributed by atoms with Crippen LogP contribution in [0.15, 0.2) is 5.18 Å². The highest BCUT2D eigenvalue weighted by Crippen LogP contribution is 2.15. The zero-order chi connectivity index (χ0) is 10.3. The molecule has 0 spiro atoms. The van der Waals surface area contributed by atoms with Gasteiger partial charge in [0.1, 0.15) is 12.1 Å². The van der Waals surface area contributed by atoms with Gasteiger partial charge in [-0.2, -0.15) is 4.91 Å². The van der Waals surface area contributed by atoms with Crippen LogP contribution in [0.5, 0.6) is 0 Å². The zero-order valence-corrected chi connectivity index (χ0v) is 7.30. The van der Waals surface area contributed by atoms with Crippen molar-refractivity contribution < 1.29 is 9.84 Å². The van der Waals surface area contributed by atoms with Crippen molar-refractivity contribution in [1.29, 1.82) is 0 Å². The van der Waals surface area contributed by atoms with Crippen molar-refractivity contribution in [3.05, 3.63) is 4.91 Å². The fourth-order valence-corrected chi connectivity index (χ4v) is 1.17. The molecule has 1 aliphatic heterocycles. The smallest absolute Gasteiger partial charge is 0.122 e. The van der Waals surface area contributed by atoms with Gasteiger partial charge in [-0.25, -0.2) is 0 Å². The normalized spacial score (nSPS) is 32.8. The van der Waals surface area contributed by atoms with Gasteiger partial charge in [-0.05, 0) is 6.42 Å². The number of nitrogens with two attached hydrogens (primary N) is 1. The Bertz CT molecular complexity index is 172. The lowest BCUT2D eigenvalue weighted by atomic mass is 10.0. The summed E-state index contributed by atoms with van der Waals surface area (Å²) in [4.78, 5) is 10.2. The number of ether oxygens (including phenoxy) is 1. The van der Waals surface area contributed by atoms with Crippen LogP contribution >= 0.6 is 0 Å². The summed E-state index contributed by atoms with van der Waals surface area (Å²) in [5.41, 5.74) is 5.51. The first-order valence-electron chi connectivity index (χ1n) is 3.91. The van der Waals surface area contributed by atoms with Crippen molar-refractivity contribution in [2.24, 2.45) is 10.9 Å². The standard InChI is InChI=1S/C6H12N2O3.C2H2/c7-4-1-5(8-10)6(2-9)11-3-4;1-2/h4-6,9H,1-3,7H2;1-2H/t4-,5+,6-;/m0./s1. The van der Waals surface area contributed by atoms with E-state index in [1.54, 1.807) is 0 Å². The SMILES string of the molecule is C#C.N[C@@H]1CO[C@@H](CO)[C@H](N=O)C1. The lowest BCUT2D eigenvalue weighted by Gasteiger charge is -2.29. The molecule has 0 saturated carbocycles. The Morgan fingerprint density at radius 1 is 1.62 bits per heavy atom. The summed E-state index contributed by atoms with van der Waals surface area (Å²) in [6.45, 7) is 0.236. The number of aliphatic hydroxyl groups is 1. The van der Waals surface area contributed by atoms with Crippen molar-refractivity contribution >= 4 is 0 Å². The molecular weight excluding hydrogens is 172 g/mol. The molecule has 1 rings (SSSR count). The monoisotopic (exact) mass is 186 g/mol. The molecule has 3 atom stereocenters. The summed E-state index contributed by atoms with van der Waals surface area (Å²) >= 11 is 0. The van der Waals surface area contributed by atoms with E-state index in [0.29, 0.717) is 13.0 Å². The van der Waals surface area contributed by atoms with Crippen LogP contribution in [0.25, 0.3) is 0 Å². The fourth-order valence-electron chi connectivity index (χ4n) is 1.17. The van der Waals surface area contributed by atoms with Gasteiger partial charge >= 0.3 is 0 Å². The highest BCUT2D eigenvalue weighted by atomic mass is 16.5. The second kappa shape index (κ2) is 6.54. The van der Waals surface area contributed by atoms with Crippen LogP contribution in [0.4, 0.5) is 0 Å². The molecule has 1 fully saturated rings. The van der Waals surface area contributed by atoms with E-state index in [4.69, 9.17) is 15.6 Å². The minimum atomic E-state index is -0.483. The van der Waals surface area contributed by atoms with E-state index in [2.05, 4.69) is 18.0 Å². The summed E-state index contributed by atoms with van der Waals surface area (Å²) in [7, 11) is 0. The second-order valence-electron chi connectivity index (χ2n) is 2.72. The first-order valence-corrected chi connectivity index (χ1v) is 3.91. The Morgan fingerprint density at radius 2 is 2.23 bits per heavy atom. The van der Waals surface area contributed by atoms with Gasteiger partial charge < -0.3 is 15.6 Å². The van der Waals surface area contributed by atoms with Crippen LogP contribution in [0.1, 0.15) is 6.42 Å². The predicted molar refractivity (Wildman–Crippen MR) is 48.9 cm³/mol. The molecule has 0 aromatic carbocycles. The summed E-state index contributed by atoms with van der Waals surface area (Å²) in [5.74, 6) is 0. The molecule has 0 aliphatic carbocycles. The minimum absolute atomic E-state index is 0.125. The summed E-state index contributed by atoms with van der Waals surface area (Å²) in [5, 5.41) is 11.5. The molecule has 5 heteroatoms. The van der Waals surface area contributed by atoms with Crippen LogP contribution < -0.4 is 5.73 Å². The summed E-state index contributed by atoms with van der Waals surface area (Å²) < 4.78 is 5.07. The van der Waals surface area contributed by atoms with E-state index < -0.39 is 12.1 Å². The molecular formula is C8H14N2O3. The molecule has 74 valence electrons. The highest BCUT2D eigenvalue weighted by Gasteiger charge is 2.29. The average molecular weight is 186 g/mol. The van der Waals surface area contributed by atoms with Gasteiger partial charge in [0, 0.05) is 6.04 Å². The van der Waals surface area contributed by atoms with E-state index >= 15 is 0 Å². The Morgan fingerprint density at radius 3 is 2.69 bits per heavy atom. The van der Waals surface area contributed by atoms with Crippen LogP contribution in [0, 0.1) is 17.8 Å². The van der Waals surface area contributed by atoms with E-state index in [0.717, 1.165) is 0 Å². The van der Waals surface area contributed by atoms with Crippen LogP contribution in [-0.2, 0) is 4.74 Å². The van der Waals surface area contributed by atoms with Gasteiger partial charge in [0.15, 0.2) is 0 Å². The minimum Gasteiger partial charge on any atom is -0.394 e. The predicted octanol–water partition coefficient (Wildman–Crippen LogP) is -0.521. The molecule has 0 bridgehead atoms. The van der Waals surface area contributed by atoms with Crippen molar-refractivity contribution in [2.45, 2.75) is 24.6 Å². The highest BCUT2D eigenvalue weighted by molar-refractivity contribution is 4.85. The molecule has 0 amide bonds. The van der Waals surface area contributed by atoms with Crippen molar-refractivity contribution in [1.82, 2.24) is 0 Å². The summed E-state index contributed by atoms with van der Waals surface area (Å²) in [6, 6.07) is -0.607. The van der Waals surface area contributed by atoms with E-state index in [-0.39, 0.29) is 12.6 Å². The first-order chi connectivity index (χ1) is 6.27. The number of hydrogen-bond acceptors (Lipinski definition) is 5. The van der Waals surface area contributed by atoms with Gasteiger partial charge in [-0.3, -0.25) is 0 Å². The topological polar surface area (TPSA) is 84.9 Å². The van der Waals surface area contributed by atoms with Gasteiger partial charge in [0.05, 0.1) is 13.2 Å². The molecule has 1 heterocycles. The van der Waals surface area contributed by atoms with Gasteiger partial charge in [0.25, 0.3) is 0 Å². The van der Waals surface area contributed by atoms with Crippen molar-refractivity contribution in [3.8, 4) is 12.8 Å². The first kappa shape index (κ1) is 12.0. The number of terminal acetylenes is 1. The fraction of sp³-hybridized carbons (Fsp3) is 0.750. The third-order valence-corrected chi connectivity index (χ3v) is 1.81. The maximum atomic E-state index is 10.2. The van der Waals surface area contributed by atoms with Crippen LogP contribution in [-0.4, -0.2) is 36.5 Å². The Labute approximate surface area is 77.2 Å². The molecule has 5 nitrogen and oxygen atoms in total. The maximum absolute atomic E-state index is 10.2. The summed E-state index contributed by atoms with van der Waals surface area (Å²) in [6.07, 6.45) is 8.06. The largest absolute Gasteiger partial charge is 0.394 e. The molecule has 0 unspecified atom stereocenters. The van der Waals surface area contributed by atoms with Crippen molar-refractivity contribution in [3.63, 3.8) is 0 Å². The number of nitrogens with zero attached hydrogens (tertiary/aromatic N) is 1. The molecule has 1 aliphatic rings. The molecule has 0 aromatic rings. The quantitative estimate of drug-likeness (QED) is 0.449. The molecule has 0 aromatic heterocycles. The van der Waals surface area contributed by atoms with Crippen LogP contribution in [0.2, 0.25) is 0 Å². The van der Waals surface area contributed by atoms with E-state index in [1.165, 1.54) is 0 Å². The molecule has 13 heavy (non-hydrogen) atoms. The number of hydrogen-bond donors (Lipinski definition) is 2. The zero-order valence-electron chi connectivity index (χ0n) is 7.30. The molecule has 0 radical (unpaired) electrons. The van der Waals surface area contributed by atoms with Crippen LogP contribution in [0.3, 0.4) is 0 Å². The maximum Gasteiger partial charge on any atom is 0.122 e. The third-order valence-electron chi connectivity index (χ3n) is 1.81.